The third-order valence-electron chi connectivity index (χ3n) is 3.03. The normalized spacial score (nSPS) is 13.5. The highest BCUT2D eigenvalue weighted by Crippen LogP contribution is 2.21. The number of carbonyl (C=O) groups is 2. The average Bonchev–Trinajstić information content (AvgIpc) is 3.27. The maximum atomic E-state index is 11.6. The Morgan fingerprint density at radius 3 is 2.65 bits per heavy atom. The molecule has 0 heterocycles. The number of hydrogen-bond donors (Lipinski definition) is 2. The van der Waals surface area contributed by atoms with Gasteiger partial charge in [0.05, 0.1) is 14.2 Å². The first kappa shape index (κ1) is 14.2. The van der Waals surface area contributed by atoms with Crippen LogP contribution in [-0.2, 0) is 11.3 Å². The van der Waals surface area contributed by atoms with Gasteiger partial charge in [-0.05, 0) is 30.5 Å². The van der Waals surface area contributed by atoms with Crippen LogP contribution in [0.5, 0.6) is 5.75 Å². The Morgan fingerprint density at radius 2 is 2.05 bits per heavy atom. The number of methoxy groups -OCH3 is 2. The van der Waals surface area contributed by atoms with Gasteiger partial charge in [0.25, 0.3) is 0 Å². The van der Waals surface area contributed by atoms with Crippen LogP contribution in [0.2, 0.25) is 0 Å². The lowest BCUT2D eigenvalue weighted by molar-refractivity contribution is 0.0597. The molecular formula is C14H18N2O4. The van der Waals surface area contributed by atoms with Crippen molar-refractivity contribution in [2.75, 3.05) is 14.2 Å². The third-order valence-corrected chi connectivity index (χ3v) is 3.03. The van der Waals surface area contributed by atoms with Crippen molar-refractivity contribution in [2.45, 2.75) is 25.4 Å². The first-order valence-electron chi connectivity index (χ1n) is 6.43. The first-order valence-corrected chi connectivity index (χ1v) is 6.43. The minimum absolute atomic E-state index is 0.192. The number of ether oxygens (including phenoxy) is 2. The maximum Gasteiger partial charge on any atom is 0.341 e. The van der Waals surface area contributed by atoms with Crippen LogP contribution in [0, 0.1) is 0 Å². The van der Waals surface area contributed by atoms with Crippen molar-refractivity contribution in [2.24, 2.45) is 0 Å². The third kappa shape index (κ3) is 3.63. The number of rotatable bonds is 5. The zero-order valence-electron chi connectivity index (χ0n) is 11.6. The summed E-state index contributed by atoms with van der Waals surface area (Å²) < 4.78 is 9.81. The smallest absolute Gasteiger partial charge is 0.341 e. The molecule has 2 amide bonds. The molecule has 0 aliphatic heterocycles. The lowest BCUT2D eigenvalue weighted by atomic mass is 10.1. The molecule has 0 atom stereocenters. The number of carbonyl (C=O) groups excluding carboxylic acids is 2. The van der Waals surface area contributed by atoms with Crippen LogP contribution >= 0.6 is 0 Å². The molecule has 1 fully saturated rings. The molecule has 1 saturated carbocycles. The van der Waals surface area contributed by atoms with Crippen molar-refractivity contribution >= 4 is 12.0 Å². The molecule has 0 saturated heterocycles. The number of urea groups is 1. The Hall–Kier alpha value is -2.24. The van der Waals surface area contributed by atoms with Crippen molar-refractivity contribution in [3.63, 3.8) is 0 Å². The van der Waals surface area contributed by atoms with Gasteiger partial charge in [0, 0.05) is 12.6 Å². The Morgan fingerprint density at radius 1 is 1.30 bits per heavy atom. The van der Waals surface area contributed by atoms with Gasteiger partial charge in [0.1, 0.15) is 11.3 Å². The van der Waals surface area contributed by atoms with Crippen LogP contribution in [0.3, 0.4) is 0 Å². The van der Waals surface area contributed by atoms with Gasteiger partial charge in [-0.2, -0.15) is 0 Å². The molecule has 1 aromatic rings. The van der Waals surface area contributed by atoms with E-state index in [-0.39, 0.29) is 6.03 Å². The topological polar surface area (TPSA) is 76.7 Å². The second-order valence-corrected chi connectivity index (χ2v) is 4.63. The molecule has 0 unspecified atom stereocenters. The number of esters is 1. The SMILES string of the molecule is COC(=O)c1cc(CNC(=O)NC2CC2)ccc1OC. The molecule has 1 aromatic carbocycles. The van der Waals surface area contributed by atoms with Gasteiger partial charge < -0.3 is 20.1 Å². The van der Waals surface area contributed by atoms with Crippen LogP contribution < -0.4 is 15.4 Å². The predicted molar refractivity (Wildman–Crippen MR) is 72.7 cm³/mol. The molecule has 0 aromatic heterocycles. The van der Waals surface area contributed by atoms with E-state index < -0.39 is 5.97 Å². The van der Waals surface area contributed by atoms with Gasteiger partial charge in [0.2, 0.25) is 0 Å². The number of hydrogen-bond acceptors (Lipinski definition) is 4. The summed E-state index contributed by atoms with van der Waals surface area (Å²) in [5.41, 5.74) is 1.15. The van der Waals surface area contributed by atoms with Crippen molar-refractivity contribution in [3.05, 3.63) is 29.3 Å². The highest BCUT2D eigenvalue weighted by Gasteiger charge is 2.23. The van der Waals surface area contributed by atoms with E-state index in [1.54, 1.807) is 18.2 Å². The molecule has 2 rings (SSSR count). The minimum Gasteiger partial charge on any atom is -0.496 e. The quantitative estimate of drug-likeness (QED) is 0.799. The molecule has 6 heteroatoms. The van der Waals surface area contributed by atoms with Crippen LogP contribution in [0.4, 0.5) is 4.79 Å². The fourth-order valence-electron chi connectivity index (χ4n) is 1.78. The largest absolute Gasteiger partial charge is 0.496 e. The van der Waals surface area contributed by atoms with Gasteiger partial charge in [-0.15, -0.1) is 0 Å². The van der Waals surface area contributed by atoms with Crippen molar-refractivity contribution < 1.29 is 19.1 Å². The van der Waals surface area contributed by atoms with Gasteiger partial charge >= 0.3 is 12.0 Å². The minimum atomic E-state index is -0.467. The summed E-state index contributed by atoms with van der Waals surface area (Å²) in [5, 5.41) is 5.58. The molecule has 0 spiro atoms. The summed E-state index contributed by atoms with van der Waals surface area (Å²) >= 11 is 0. The van der Waals surface area contributed by atoms with E-state index in [1.165, 1.54) is 14.2 Å². The Bertz CT molecular complexity index is 512. The second kappa shape index (κ2) is 6.27. The molecule has 2 N–H and O–H groups in total. The van der Waals surface area contributed by atoms with E-state index in [0.717, 1.165) is 18.4 Å². The van der Waals surface area contributed by atoms with E-state index in [1.807, 2.05) is 0 Å². The Kier molecular flexibility index (Phi) is 4.45. The molecule has 1 aliphatic rings. The van der Waals surface area contributed by atoms with E-state index in [9.17, 15) is 9.59 Å². The lowest BCUT2D eigenvalue weighted by Gasteiger charge is -2.10. The molecule has 6 nitrogen and oxygen atoms in total. The van der Waals surface area contributed by atoms with Crippen LogP contribution in [-0.4, -0.2) is 32.3 Å². The average molecular weight is 278 g/mol. The van der Waals surface area contributed by atoms with E-state index in [0.29, 0.717) is 23.9 Å². The maximum absolute atomic E-state index is 11.6. The summed E-state index contributed by atoms with van der Waals surface area (Å²) in [6.45, 7) is 0.340. The molecule has 0 radical (unpaired) electrons. The summed E-state index contributed by atoms with van der Waals surface area (Å²) in [7, 11) is 2.80. The van der Waals surface area contributed by atoms with E-state index >= 15 is 0 Å². The van der Waals surface area contributed by atoms with Crippen molar-refractivity contribution in [1.82, 2.24) is 10.6 Å². The van der Waals surface area contributed by atoms with Crippen LogP contribution in [0.25, 0.3) is 0 Å². The molecule has 0 bridgehead atoms. The fourth-order valence-corrected chi connectivity index (χ4v) is 1.78. The molecule has 108 valence electrons. The lowest BCUT2D eigenvalue weighted by Crippen LogP contribution is -2.36. The monoisotopic (exact) mass is 278 g/mol. The molecule has 20 heavy (non-hydrogen) atoms. The van der Waals surface area contributed by atoms with E-state index in [4.69, 9.17) is 9.47 Å². The molecule has 1 aliphatic carbocycles. The summed E-state index contributed by atoms with van der Waals surface area (Å²) in [6.07, 6.45) is 2.09. The predicted octanol–water partition coefficient (Wildman–Crippen LogP) is 1.44. The highest BCUT2D eigenvalue weighted by molar-refractivity contribution is 5.92. The number of nitrogens with one attached hydrogen (secondary N) is 2. The van der Waals surface area contributed by atoms with Crippen LogP contribution in [0.15, 0.2) is 18.2 Å². The first-order chi connectivity index (χ1) is 9.63. The van der Waals surface area contributed by atoms with Gasteiger partial charge in [0.15, 0.2) is 0 Å². The van der Waals surface area contributed by atoms with E-state index in [2.05, 4.69) is 10.6 Å². The summed E-state index contributed by atoms with van der Waals surface area (Å²) in [5.74, 6) is -0.0193. The fraction of sp³-hybridized carbons (Fsp3) is 0.429. The Balaban J connectivity index is 2.00. The number of benzene rings is 1. The van der Waals surface area contributed by atoms with Gasteiger partial charge in [-0.1, -0.05) is 6.07 Å². The summed E-state index contributed by atoms with van der Waals surface area (Å²) in [4.78, 5) is 23.2. The highest BCUT2D eigenvalue weighted by atomic mass is 16.5. The zero-order chi connectivity index (χ0) is 14.5. The molecular weight excluding hydrogens is 260 g/mol. The van der Waals surface area contributed by atoms with Crippen molar-refractivity contribution in [1.29, 1.82) is 0 Å². The Labute approximate surface area is 117 Å². The van der Waals surface area contributed by atoms with Crippen LogP contribution in [0.1, 0.15) is 28.8 Å². The second-order valence-electron chi connectivity index (χ2n) is 4.63. The standard InChI is InChI=1S/C14H18N2O4/c1-19-12-6-3-9(7-11(12)13(17)20-2)8-15-14(18)16-10-4-5-10/h3,6-7,10H,4-5,8H2,1-2H3,(H2,15,16,18). The van der Waals surface area contributed by atoms with Crippen molar-refractivity contribution in [3.8, 4) is 5.75 Å². The van der Waals surface area contributed by atoms with Gasteiger partial charge in [-0.25, -0.2) is 9.59 Å². The van der Waals surface area contributed by atoms with Gasteiger partial charge in [-0.3, -0.25) is 0 Å². The summed E-state index contributed by atoms with van der Waals surface area (Å²) in [6, 6.07) is 5.26. The number of amides is 2. The zero-order valence-corrected chi connectivity index (χ0v) is 11.6.